The number of benzene rings is 2. The van der Waals surface area contributed by atoms with E-state index in [2.05, 4.69) is 15.0 Å². The van der Waals surface area contributed by atoms with Gasteiger partial charge in [-0.2, -0.15) is 0 Å². The topological polar surface area (TPSA) is 97.5 Å². The number of rotatable bonds is 4. The summed E-state index contributed by atoms with van der Waals surface area (Å²) in [7, 11) is 2.58. The normalized spacial score (nSPS) is 10.4. The van der Waals surface area contributed by atoms with Crippen molar-refractivity contribution in [2.75, 3.05) is 19.5 Å². The predicted molar refractivity (Wildman–Crippen MR) is 95.4 cm³/mol. The van der Waals surface area contributed by atoms with Crippen molar-refractivity contribution in [3.8, 4) is 0 Å². The van der Waals surface area contributed by atoms with Crippen molar-refractivity contribution in [2.24, 2.45) is 0 Å². The molecule has 0 atom stereocenters. The number of aromatic amines is 1. The maximum Gasteiger partial charge on any atom is 0.339 e. The van der Waals surface area contributed by atoms with Gasteiger partial charge in [0.15, 0.2) is 0 Å². The molecule has 0 aliphatic carbocycles. The average Bonchev–Trinajstić information content (AvgIpc) is 3.09. The minimum absolute atomic E-state index is 0.284. The lowest BCUT2D eigenvalue weighted by Gasteiger charge is -2.06. The number of hydrogen-bond donors (Lipinski definition) is 2. The fourth-order valence-electron chi connectivity index (χ4n) is 2.64. The molecule has 2 aromatic carbocycles. The van der Waals surface area contributed by atoms with Gasteiger partial charge in [0.05, 0.1) is 36.6 Å². The lowest BCUT2D eigenvalue weighted by atomic mass is 10.1. The van der Waals surface area contributed by atoms with Crippen LogP contribution in [-0.2, 0) is 9.47 Å². The molecular weight excluding hydrogens is 336 g/mol. The highest BCUT2D eigenvalue weighted by Crippen LogP contribution is 2.26. The molecule has 0 aliphatic heterocycles. The van der Waals surface area contributed by atoms with Crippen LogP contribution in [0.5, 0.6) is 0 Å². The van der Waals surface area contributed by atoms with Gasteiger partial charge in [-0.1, -0.05) is 18.2 Å². The number of amides is 1. The van der Waals surface area contributed by atoms with Crippen molar-refractivity contribution in [3.05, 3.63) is 65.4 Å². The van der Waals surface area contributed by atoms with Gasteiger partial charge in [-0.15, -0.1) is 0 Å². The molecule has 2 N–H and O–H groups in total. The van der Waals surface area contributed by atoms with Gasteiger partial charge in [0.25, 0.3) is 5.91 Å². The maximum atomic E-state index is 12.5. The number of esters is 2. The van der Waals surface area contributed by atoms with Crippen LogP contribution in [-0.4, -0.2) is 37.0 Å². The molecule has 0 aliphatic rings. The quantitative estimate of drug-likeness (QED) is 0.704. The van der Waals surface area contributed by atoms with Gasteiger partial charge in [0.1, 0.15) is 0 Å². The molecule has 7 heteroatoms. The number of H-pyrrole nitrogens is 1. The molecular formula is C19H16N2O5. The van der Waals surface area contributed by atoms with Crippen LogP contribution < -0.4 is 5.32 Å². The second-order valence-corrected chi connectivity index (χ2v) is 5.45. The van der Waals surface area contributed by atoms with Crippen LogP contribution in [0.15, 0.2) is 48.7 Å². The average molecular weight is 352 g/mol. The number of para-hydroxylation sites is 1. The summed E-state index contributed by atoms with van der Waals surface area (Å²) in [5.74, 6) is -1.38. The summed E-state index contributed by atoms with van der Waals surface area (Å²) < 4.78 is 9.42. The third-order valence-corrected chi connectivity index (χ3v) is 3.91. The number of hydrogen-bond acceptors (Lipinski definition) is 5. The number of carbonyl (C=O) groups is 3. The van der Waals surface area contributed by atoms with Crippen molar-refractivity contribution >= 4 is 34.4 Å². The largest absolute Gasteiger partial charge is 0.465 e. The van der Waals surface area contributed by atoms with Crippen LogP contribution in [0.4, 0.5) is 5.69 Å². The number of aromatic nitrogens is 1. The summed E-state index contributed by atoms with van der Waals surface area (Å²) in [6.07, 6.45) is 1.60. The summed E-state index contributed by atoms with van der Waals surface area (Å²) in [5, 5.41) is 3.45. The van der Waals surface area contributed by atoms with Crippen molar-refractivity contribution < 1.29 is 23.9 Å². The Morgan fingerprint density at radius 3 is 2.35 bits per heavy atom. The Hall–Kier alpha value is -3.61. The Kier molecular flexibility index (Phi) is 4.70. The van der Waals surface area contributed by atoms with E-state index >= 15 is 0 Å². The Labute approximate surface area is 148 Å². The van der Waals surface area contributed by atoms with E-state index in [-0.39, 0.29) is 11.5 Å². The number of ether oxygens (including phenoxy) is 2. The smallest absolute Gasteiger partial charge is 0.339 e. The molecule has 0 saturated carbocycles. The molecule has 0 saturated heterocycles. The minimum Gasteiger partial charge on any atom is -0.465 e. The zero-order chi connectivity index (χ0) is 18.7. The van der Waals surface area contributed by atoms with E-state index in [4.69, 9.17) is 4.74 Å². The zero-order valence-electron chi connectivity index (χ0n) is 14.2. The van der Waals surface area contributed by atoms with Gasteiger partial charge < -0.3 is 19.8 Å². The molecule has 0 spiro atoms. The van der Waals surface area contributed by atoms with Crippen LogP contribution in [0, 0.1) is 0 Å². The fourth-order valence-corrected chi connectivity index (χ4v) is 2.64. The second kappa shape index (κ2) is 7.10. The van der Waals surface area contributed by atoms with Gasteiger partial charge >= 0.3 is 11.9 Å². The van der Waals surface area contributed by atoms with E-state index in [0.29, 0.717) is 27.7 Å². The maximum absolute atomic E-state index is 12.5. The van der Waals surface area contributed by atoms with Crippen LogP contribution >= 0.6 is 0 Å². The first-order chi connectivity index (χ1) is 12.5. The monoisotopic (exact) mass is 352 g/mol. The number of fused-ring (bicyclic) bond motifs is 1. The van der Waals surface area contributed by atoms with Gasteiger partial charge in [-0.05, 0) is 24.3 Å². The van der Waals surface area contributed by atoms with E-state index < -0.39 is 11.9 Å². The number of carbonyl (C=O) groups excluding carboxylic acids is 3. The second-order valence-electron chi connectivity index (χ2n) is 5.45. The van der Waals surface area contributed by atoms with Gasteiger partial charge in [-0.25, -0.2) is 9.59 Å². The van der Waals surface area contributed by atoms with Crippen LogP contribution in [0.25, 0.3) is 10.9 Å². The van der Waals surface area contributed by atoms with Gasteiger partial charge in [0, 0.05) is 17.1 Å². The Balaban J connectivity index is 1.91. The third kappa shape index (κ3) is 3.14. The lowest BCUT2D eigenvalue weighted by molar-refractivity contribution is 0.0592. The van der Waals surface area contributed by atoms with Crippen molar-refractivity contribution in [2.45, 2.75) is 0 Å². The highest BCUT2D eigenvalue weighted by Gasteiger charge is 2.16. The van der Waals surface area contributed by atoms with E-state index in [1.165, 1.54) is 20.3 Å². The summed E-state index contributed by atoms with van der Waals surface area (Å²) >= 11 is 0. The van der Waals surface area contributed by atoms with Crippen LogP contribution in [0.1, 0.15) is 31.1 Å². The SMILES string of the molecule is COC(=O)c1cccc(C(=O)Nc2c[nH]c3c(C(=O)OC)cccc23)c1. The molecule has 1 amide bonds. The van der Waals surface area contributed by atoms with Crippen molar-refractivity contribution in [1.82, 2.24) is 4.98 Å². The van der Waals surface area contributed by atoms with Gasteiger partial charge in [-0.3, -0.25) is 4.79 Å². The third-order valence-electron chi connectivity index (χ3n) is 3.91. The Morgan fingerprint density at radius 1 is 0.923 bits per heavy atom. The van der Waals surface area contributed by atoms with Gasteiger partial charge in [0.2, 0.25) is 0 Å². The number of nitrogens with one attached hydrogen (secondary N) is 2. The molecule has 0 unspecified atom stereocenters. The fraction of sp³-hybridized carbons (Fsp3) is 0.105. The zero-order valence-corrected chi connectivity index (χ0v) is 14.2. The lowest BCUT2D eigenvalue weighted by Crippen LogP contribution is -2.13. The van der Waals surface area contributed by atoms with E-state index in [1.54, 1.807) is 42.6 Å². The first-order valence-corrected chi connectivity index (χ1v) is 7.73. The first kappa shape index (κ1) is 17.2. The summed E-state index contributed by atoms with van der Waals surface area (Å²) in [4.78, 5) is 38.9. The van der Waals surface area contributed by atoms with Crippen LogP contribution in [0.2, 0.25) is 0 Å². The number of anilines is 1. The van der Waals surface area contributed by atoms with Crippen molar-refractivity contribution in [1.29, 1.82) is 0 Å². The minimum atomic E-state index is -0.519. The van der Waals surface area contributed by atoms with E-state index in [0.717, 1.165) is 0 Å². The molecule has 1 aromatic heterocycles. The highest BCUT2D eigenvalue weighted by molar-refractivity contribution is 6.12. The first-order valence-electron chi connectivity index (χ1n) is 7.73. The molecule has 1 heterocycles. The molecule has 26 heavy (non-hydrogen) atoms. The number of methoxy groups -OCH3 is 2. The van der Waals surface area contributed by atoms with Crippen LogP contribution in [0.3, 0.4) is 0 Å². The van der Waals surface area contributed by atoms with E-state index in [1.807, 2.05) is 0 Å². The highest BCUT2D eigenvalue weighted by atomic mass is 16.5. The summed E-state index contributed by atoms with van der Waals surface area (Å²) in [5.41, 5.74) is 2.05. The molecule has 7 nitrogen and oxygen atoms in total. The summed E-state index contributed by atoms with van der Waals surface area (Å²) in [6.45, 7) is 0. The predicted octanol–water partition coefficient (Wildman–Crippen LogP) is 2.99. The molecule has 0 radical (unpaired) electrons. The molecule has 0 fully saturated rings. The van der Waals surface area contributed by atoms with E-state index in [9.17, 15) is 14.4 Å². The Bertz CT molecular complexity index is 1010. The molecule has 132 valence electrons. The molecule has 0 bridgehead atoms. The summed E-state index contributed by atoms with van der Waals surface area (Å²) in [6, 6.07) is 11.3. The van der Waals surface area contributed by atoms with Crippen molar-refractivity contribution in [3.63, 3.8) is 0 Å². The Morgan fingerprint density at radius 2 is 1.62 bits per heavy atom. The standard InChI is InChI=1S/C19H16N2O5/c1-25-18(23)12-6-3-5-11(9-12)17(22)21-15-10-20-16-13(15)7-4-8-14(16)19(24)26-2/h3-10,20H,1-2H3,(H,21,22). The molecule has 3 rings (SSSR count). The molecule has 3 aromatic rings.